The Labute approximate surface area is 88.4 Å². The van der Waals surface area contributed by atoms with E-state index in [1.54, 1.807) is 0 Å². The number of nitrogens with two attached hydrogens (primary N) is 1. The summed E-state index contributed by atoms with van der Waals surface area (Å²) in [5.74, 6) is 0.00842. The smallest absolute Gasteiger partial charge is 0.180 e. The summed E-state index contributed by atoms with van der Waals surface area (Å²) >= 11 is 0. The van der Waals surface area contributed by atoms with Gasteiger partial charge in [0.15, 0.2) is 9.84 Å². The lowest BCUT2D eigenvalue weighted by molar-refractivity contribution is 0.319. The standard InChI is InChI=1S/C9H13NO4S/c1-14-9-6-7(2-3-8(9)10)15(12,13)5-4-11/h2-3,6,11H,4-5,10H2,1H3. The maximum absolute atomic E-state index is 11.6. The Hall–Kier alpha value is -1.27. The van der Waals surface area contributed by atoms with Crippen LogP contribution in [0.1, 0.15) is 0 Å². The van der Waals surface area contributed by atoms with E-state index in [0.717, 1.165) is 0 Å². The lowest BCUT2D eigenvalue weighted by Crippen LogP contribution is -2.10. The number of benzene rings is 1. The van der Waals surface area contributed by atoms with Gasteiger partial charge in [0.25, 0.3) is 0 Å². The third kappa shape index (κ3) is 2.60. The molecule has 0 saturated carbocycles. The van der Waals surface area contributed by atoms with Gasteiger partial charge in [0.05, 0.1) is 30.1 Å². The van der Waals surface area contributed by atoms with Crippen molar-refractivity contribution in [2.24, 2.45) is 0 Å². The molecule has 1 aromatic rings. The molecule has 84 valence electrons. The first-order valence-electron chi connectivity index (χ1n) is 4.28. The van der Waals surface area contributed by atoms with Crippen LogP contribution in [-0.4, -0.2) is 33.0 Å². The monoisotopic (exact) mass is 231 g/mol. The van der Waals surface area contributed by atoms with Crippen molar-refractivity contribution in [2.75, 3.05) is 25.2 Å². The third-order valence-corrected chi connectivity index (χ3v) is 3.62. The van der Waals surface area contributed by atoms with E-state index in [1.165, 1.54) is 25.3 Å². The fourth-order valence-electron chi connectivity index (χ4n) is 1.12. The molecule has 0 aliphatic rings. The second kappa shape index (κ2) is 4.50. The van der Waals surface area contributed by atoms with E-state index in [0.29, 0.717) is 11.4 Å². The molecule has 0 radical (unpaired) electrons. The van der Waals surface area contributed by atoms with E-state index in [2.05, 4.69) is 0 Å². The predicted octanol–water partition coefficient (Wildman–Crippen LogP) is 0.0434. The molecule has 0 aliphatic heterocycles. The molecule has 0 unspecified atom stereocenters. The van der Waals surface area contributed by atoms with Crippen molar-refractivity contribution in [2.45, 2.75) is 4.90 Å². The lowest BCUT2D eigenvalue weighted by Gasteiger charge is -2.07. The highest BCUT2D eigenvalue weighted by atomic mass is 32.2. The van der Waals surface area contributed by atoms with Gasteiger partial charge in [0.2, 0.25) is 0 Å². The van der Waals surface area contributed by atoms with Gasteiger partial charge in [0, 0.05) is 6.07 Å². The van der Waals surface area contributed by atoms with Gasteiger partial charge in [-0.2, -0.15) is 0 Å². The Morgan fingerprint density at radius 2 is 2.13 bits per heavy atom. The van der Waals surface area contributed by atoms with Crippen LogP contribution in [0.2, 0.25) is 0 Å². The van der Waals surface area contributed by atoms with E-state index in [4.69, 9.17) is 15.6 Å². The molecule has 15 heavy (non-hydrogen) atoms. The molecule has 0 bridgehead atoms. The molecule has 0 amide bonds. The quantitative estimate of drug-likeness (QED) is 0.714. The van der Waals surface area contributed by atoms with Crippen LogP contribution in [0.15, 0.2) is 23.1 Å². The molecule has 0 fully saturated rings. The van der Waals surface area contributed by atoms with Crippen molar-refractivity contribution in [1.82, 2.24) is 0 Å². The highest BCUT2D eigenvalue weighted by Gasteiger charge is 2.15. The van der Waals surface area contributed by atoms with Crippen LogP contribution in [0.5, 0.6) is 5.75 Å². The molecular formula is C9H13NO4S. The minimum atomic E-state index is -3.45. The van der Waals surface area contributed by atoms with E-state index < -0.39 is 16.4 Å². The summed E-state index contributed by atoms with van der Waals surface area (Å²) in [6, 6.07) is 4.20. The summed E-state index contributed by atoms with van der Waals surface area (Å²) in [5, 5.41) is 8.61. The van der Waals surface area contributed by atoms with Crippen molar-refractivity contribution in [3.05, 3.63) is 18.2 Å². The summed E-state index contributed by atoms with van der Waals surface area (Å²) in [6.07, 6.45) is 0. The van der Waals surface area contributed by atoms with Crippen LogP contribution in [0, 0.1) is 0 Å². The Morgan fingerprint density at radius 3 is 2.67 bits per heavy atom. The summed E-state index contributed by atoms with van der Waals surface area (Å²) in [6.45, 7) is -0.408. The van der Waals surface area contributed by atoms with Gasteiger partial charge in [-0.15, -0.1) is 0 Å². The van der Waals surface area contributed by atoms with Crippen molar-refractivity contribution in [3.63, 3.8) is 0 Å². The molecule has 0 spiro atoms. The van der Waals surface area contributed by atoms with E-state index in [-0.39, 0.29) is 10.6 Å². The number of sulfone groups is 1. The van der Waals surface area contributed by atoms with Gasteiger partial charge in [-0.1, -0.05) is 0 Å². The largest absolute Gasteiger partial charge is 0.495 e. The van der Waals surface area contributed by atoms with Crippen LogP contribution in [0.4, 0.5) is 5.69 Å². The number of methoxy groups -OCH3 is 1. The lowest BCUT2D eigenvalue weighted by atomic mass is 10.3. The van der Waals surface area contributed by atoms with Crippen LogP contribution in [-0.2, 0) is 9.84 Å². The molecule has 0 saturated heterocycles. The number of aliphatic hydroxyl groups is 1. The van der Waals surface area contributed by atoms with Gasteiger partial charge >= 0.3 is 0 Å². The van der Waals surface area contributed by atoms with Crippen LogP contribution in [0.25, 0.3) is 0 Å². The summed E-state index contributed by atoms with van der Waals surface area (Å²) in [7, 11) is -2.03. The number of rotatable bonds is 4. The van der Waals surface area contributed by atoms with Gasteiger partial charge in [-0.05, 0) is 12.1 Å². The second-order valence-electron chi connectivity index (χ2n) is 2.95. The molecular weight excluding hydrogens is 218 g/mol. The maximum Gasteiger partial charge on any atom is 0.180 e. The highest BCUT2D eigenvalue weighted by Crippen LogP contribution is 2.25. The molecule has 0 heterocycles. The summed E-state index contributed by atoms with van der Waals surface area (Å²) < 4.78 is 28.0. The molecule has 1 rings (SSSR count). The van der Waals surface area contributed by atoms with Gasteiger partial charge in [-0.25, -0.2) is 8.42 Å². The molecule has 0 aromatic heterocycles. The first-order chi connectivity index (χ1) is 7.01. The predicted molar refractivity (Wildman–Crippen MR) is 56.5 cm³/mol. The highest BCUT2D eigenvalue weighted by molar-refractivity contribution is 7.91. The van der Waals surface area contributed by atoms with Crippen LogP contribution in [0.3, 0.4) is 0 Å². The topological polar surface area (TPSA) is 89.6 Å². The number of anilines is 1. The number of nitrogen functional groups attached to an aromatic ring is 1. The molecule has 1 aromatic carbocycles. The Balaban J connectivity index is 3.17. The average molecular weight is 231 g/mol. The zero-order valence-corrected chi connectivity index (χ0v) is 9.12. The molecule has 0 atom stereocenters. The minimum absolute atomic E-state index is 0.0996. The van der Waals surface area contributed by atoms with E-state index >= 15 is 0 Å². The number of aliphatic hydroxyl groups excluding tert-OH is 1. The maximum atomic E-state index is 11.6. The summed E-state index contributed by atoms with van der Waals surface area (Å²) in [5.41, 5.74) is 5.92. The minimum Gasteiger partial charge on any atom is -0.495 e. The zero-order valence-electron chi connectivity index (χ0n) is 8.30. The SMILES string of the molecule is COc1cc(S(=O)(=O)CCO)ccc1N. The van der Waals surface area contributed by atoms with Gasteiger partial charge < -0.3 is 15.6 Å². The Bertz CT molecular complexity index is 441. The normalized spacial score (nSPS) is 11.3. The number of hydrogen-bond donors (Lipinski definition) is 2. The van der Waals surface area contributed by atoms with Crippen LogP contribution >= 0.6 is 0 Å². The van der Waals surface area contributed by atoms with Crippen molar-refractivity contribution in [1.29, 1.82) is 0 Å². The Kier molecular flexibility index (Phi) is 3.54. The summed E-state index contributed by atoms with van der Waals surface area (Å²) in [4.78, 5) is 0.0996. The zero-order chi connectivity index (χ0) is 11.5. The first-order valence-corrected chi connectivity index (χ1v) is 5.93. The number of hydrogen-bond acceptors (Lipinski definition) is 5. The van der Waals surface area contributed by atoms with Crippen molar-refractivity contribution in [3.8, 4) is 5.75 Å². The second-order valence-corrected chi connectivity index (χ2v) is 5.06. The molecule has 6 heteroatoms. The molecule has 3 N–H and O–H groups in total. The molecule has 5 nitrogen and oxygen atoms in total. The number of ether oxygens (including phenoxy) is 1. The van der Waals surface area contributed by atoms with Gasteiger partial charge in [0.1, 0.15) is 5.75 Å². The molecule has 0 aliphatic carbocycles. The fourth-order valence-corrected chi connectivity index (χ4v) is 2.16. The van der Waals surface area contributed by atoms with Crippen LogP contribution < -0.4 is 10.5 Å². The van der Waals surface area contributed by atoms with Crippen molar-refractivity contribution < 1.29 is 18.3 Å². The van der Waals surface area contributed by atoms with Gasteiger partial charge in [-0.3, -0.25) is 0 Å². The first kappa shape index (κ1) is 11.8. The van der Waals surface area contributed by atoms with E-state index in [1.807, 2.05) is 0 Å². The average Bonchev–Trinajstić information content (AvgIpc) is 2.18. The fraction of sp³-hybridized carbons (Fsp3) is 0.333. The van der Waals surface area contributed by atoms with Crippen molar-refractivity contribution >= 4 is 15.5 Å². The Morgan fingerprint density at radius 1 is 1.47 bits per heavy atom. The van der Waals surface area contributed by atoms with E-state index in [9.17, 15) is 8.42 Å². The third-order valence-electron chi connectivity index (χ3n) is 1.92.